The first-order chi connectivity index (χ1) is 7.28. The van der Waals surface area contributed by atoms with Gasteiger partial charge in [-0.3, -0.25) is 5.10 Å². The summed E-state index contributed by atoms with van der Waals surface area (Å²) in [4.78, 5) is 5.55. The Bertz CT molecular complexity index is 455. The number of hydrogen-bond acceptors (Lipinski definition) is 4. The highest BCUT2D eigenvalue weighted by molar-refractivity contribution is 7.13. The fourth-order valence-electron chi connectivity index (χ4n) is 1.79. The lowest BCUT2D eigenvalue weighted by molar-refractivity contribution is 0.239. The van der Waals surface area contributed by atoms with Crippen molar-refractivity contribution in [3.05, 3.63) is 23.3 Å². The van der Waals surface area contributed by atoms with Gasteiger partial charge < -0.3 is 5.73 Å². The van der Waals surface area contributed by atoms with Gasteiger partial charge in [0.05, 0.1) is 10.4 Å². The number of rotatable bonds is 2. The van der Waals surface area contributed by atoms with Crippen molar-refractivity contribution in [2.24, 2.45) is 5.73 Å². The zero-order valence-corrected chi connectivity index (χ0v) is 9.05. The molecule has 5 heteroatoms. The van der Waals surface area contributed by atoms with Gasteiger partial charge in [0.25, 0.3) is 0 Å². The third kappa shape index (κ3) is 1.39. The highest BCUT2D eigenvalue weighted by atomic mass is 32.1. The molecule has 78 valence electrons. The maximum Gasteiger partial charge on any atom is 0.191 e. The Balaban J connectivity index is 1.94. The van der Waals surface area contributed by atoms with Crippen LogP contribution in [0.15, 0.2) is 17.5 Å². The van der Waals surface area contributed by atoms with E-state index < -0.39 is 0 Å². The minimum Gasteiger partial charge on any atom is -0.319 e. The molecule has 0 radical (unpaired) electrons. The predicted molar refractivity (Wildman–Crippen MR) is 59.4 cm³/mol. The van der Waals surface area contributed by atoms with Crippen LogP contribution in [0.2, 0.25) is 0 Å². The largest absolute Gasteiger partial charge is 0.319 e. The van der Waals surface area contributed by atoms with Crippen molar-refractivity contribution in [3.8, 4) is 10.7 Å². The summed E-state index contributed by atoms with van der Waals surface area (Å²) < 4.78 is 0. The molecule has 2 heterocycles. The molecule has 0 atom stereocenters. The van der Waals surface area contributed by atoms with Gasteiger partial charge >= 0.3 is 0 Å². The summed E-state index contributed by atoms with van der Waals surface area (Å²) in [6.45, 7) is 0. The van der Waals surface area contributed by atoms with Gasteiger partial charge in [0.15, 0.2) is 5.82 Å². The molecule has 3 rings (SSSR count). The fourth-order valence-corrected chi connectivity index (χ4v) is 2.45. The zero-order chi connectivity index (χ0) is 10.3. The summed E-state index contributed by atoms with van der Waals surface area (Å²) in [5.41, 5.74) is 5.91. The summed E-state index contributed by atoms with van der Waals surface area (Å²) in [5, 5.41) is 9.18. The van der Waals surface area contributed by atoms with Crippen molar-refractivity contribution in [2.45, 2.75) is 24.8 Å². The number of aromatic nitrogens is 3. The Labute approximate surface area is 91.5 Å². The zero-order valence-electron chi connectivity index (χ0n) is 8.23. The Hall–Kier alpha value is -1.20. The molecule has 2 aromatic rings. The van der Waals surface area contributed by atoms with Crippen LogP contribution < -0.4 is 5.73 Å². The second-order valence-corrected chi connectivity index (χ2v) is 4.94. The van der Waals surface area contributed by atoms with Gasteiger partial charge in [0.1, 0.15) is 5.82 Å². The van der Waals surface area contributed by atoms with E-state index in [2.05, 4.69) is 15.2 Å². The smallest absolute Gasteiger partial charge is 0.191 e. The van der Waals surface area contributed by atoms with Gasteiger partial charge in [-0.25, -0.2) is 4.98 Å². The normalized spacial score (nSPS) is 18.7. The topological polar surface area (TPSA) is 67.6 Å². The maximum absolute atomic E-state index is 6.16. The van der Waals surface area contributed by atoms with E-state index in [1.165, 1.54) is 6.42 Å². The first-order valence-electron chi connectivity index (χ1n) is 5.04. The van der Waals surface area contributed by atoms with E-state index in [1.54, 1.807) is 11.3 Å². The van der Waals surface area contributed by atoms with Gasteiger partial charge in [-0.15, -0.1) is 11.3 Å². The van der Waals surface area contributed by atoms with E-state index in [0.717, 1.165) is 29.4 Å². The van der Waals surface area contributed by atoms with Gasteiger partial charge in [0, 0.05) is 0 Å². The van der Waals surface area contributed by atoms with Crippen LogP contribution in [0.3, 0.4) is 0 Å². The summed E-state index contributed by atoms with van der Waals surface area (Å²) >= 11 is 1.64. The van der Waals surface area contributed by atoms with Crippen molar-refractivity contribution >= 4 is 11.3 Å². The van der Waals surface area contributed by atoms with E-state index in [1.807, 2.05) is 17.5 Å². The summed E-state index contributed by atoms with van der Waals surface area (Å²) in [6, 6.07) is 4.01. The third-order valence-corrected chi connectivity index (χ3v) is 3.81. The summed E-state index contributed by atoms with van der Waals surface area (Å²) in [7, 11) is 0. The minimum absolute atomic E-state index is 0.248. The van der Waals surface area contributed by atoms with Crippen LogP contribution in [0.25, 0.3) is 10.7 Å². The van der Waals surface area contributed by atoms with E-state index >= 15 is 0 Å². The van der Waals surface area contributed by atoms with Gasteiger partial charge in [-0.05, 0) is 30.7 Å². The van der Waals surface area contributed by atoms with Crippen LogP contribution in [0, 0.1) is 0 Å². The molecule has 1 saturated carbocycles. The lowest BCUT2D eigenvalue weighted by Gasteiger charge is -2.35. The molecule has 2 aromatic heterocycles. The number of H-pyrrole nitrogens is 1. The molecule has 0 unspecified atom stereocenters. The number of nitrogens with two attached hydrogens (primary N) is 1. The SMILES string of the molecule is NC1(c2nc(-c3cccs3)n[nH]2)CCC1. The van der Waals surface area contributed by atoms with Crippen molar-refractivity contribution < 1.29 is 0 Å². The Morgan fingerprint density at radius 1 is 1.47 bits per heavy atom. The molecule has 15 heavy (non-hydrogen) atoms. The molecule has 3 N–H and O–H groups in total. The van der Waals surface area contributed by atoms with Crippen LogP contribution in [0.5, 0.6) is 0 Å². The number of thiophene rings is 1. The number of nitrogens with zero attached hydrogens (tertiary/aromatic N) is 2. The second kappa shape index (κ2) is 3.15. The highest BCUT2D eigenvalue weighted by Crippen LogP contribution is 2.37. The summed E-state index contributed by atoms with van der Waals surface area (Å²) in [6.07, 6.45) is 3.20. The van der Waals surface area contributed by atoms with Crippen LogP contribution >= 0.6 is 11.3 Å². The minimum atomic E-state index is -0.248. The first-order valence-corrected chi connectivity index (χ1v) is 5.92. The fraction of sp³-hybridized carbons (Fsp3) is 0.400. The average molecular weight is 220 g/mol. The van der Waals surface area contributed by atoms with Crippen molar-refractivity contribution in [2.75, 3.05) is 0 Å². The maximum atomic E-state index is 6.16. The Morgan fingerprint density at radius 3 is 2.93 bits per heavy atom. The summed E-state index contributed by atoms with van der Waals surface area (Å²) in [5.74, 6) is 1.59. The van der Waals surface area contributed by atoms with Crippen LogP contribution in [0.1, 0.15) is 25.1 Å². The molecule has 1 fully saturated rings. The quantitative estimate of drug-likeness (QED) is 0.811. The third-order valence-electron chi connectivity index (χ3n) is 2.94. The molecule has 0 saturated heterocycles. The van der Waals surface area contributed by atoms with E-state index in [-0.39, 0.29) is 5.54 Å². The molecule has 0 amide bonds. The van der Waals surface area contributed by atoms with E-state index in [4.69, 9.17) is 5.73 Å². The molecular weight excluding hydrogens is 208 g/mol. The number of hydrogen-bond donors (Lipinski definition) is 2. The lowest BCUT2D eigenvalue weighted by atomic mass is 9.77. The Morgan fingerprint density at radius 2 is 2.33 bits per heavy atom. The standard InChI is InChI=1S/C10H12N4S/c11-10(4-2-5-10)9-12-8(13-14-9)7-3-1-6-15-7/h1,3,6H,2,4-5,11H2,(H,12,13,14). The monoisotopic (exact) mass is 220 g/mol. The van der Waals surface area contributed by atoms with E-state index in [9.17, 15) is 0 Å². The lowest BCUT2D eigenvalue weighted by Crippen LogP contribution is -2.44. The van der Waals surface area contributed by atoms with Crippen molar-refractivity contribution in [1.82, 2.24) is 15.2 Å². The van der Waals surface area contributed by atoms with Gasteiger partial charge in [-0.1, -0.05) is 6.07 Å². The van der Waals surface area contributed by atoms with Gasteiger partial charge in [0.2, 0.25) is 0 Å². The molecule has 0 spiro atoms. The van der Waals surface area contributed by atoms with Crippen LogP contribution in [-0.4, -0.2) is 15.2 Å². The molecule has 1 aliphatic rings. The Kier molecular flexibility index (Phi) is 1.90. The molecule has 0 bridgehead atoms. The highest BCUT2D eigenvalue weighted by Gasteiger charge is 2.37. The molecule has 1 aliphatic carbocycles. The molecular formula is C10H12N4S. The second-order valence-electron chi connectivity index (χ2n) is 3.99. The van der Waals surface area contributed by atoms with Crippen molar-refractivity contribution in [3.63, 3.8) is 0 Å². The number of aromatic amines is 1. The first kappa shape index (κ1) is 9.06. The van der Waals surface area contributed by atoms with Gasteiger partial charge in [-0.2, -0.15) is 5.10 Å². The number of nitrogens with one attached hydrogen (secondary N) is 1. The molecule has 4 nitrogen and oxygen atoms in total. The average Bonchev–Trinajstić information content (AvgIpc) is 2.84. The molecule has 0 aliphatic heterocycles. The van der Waals surface area contributed by atoms with Crippen LogP contribution in [-0.2, 0) is 5.54 Å². The predicted octanol–water partition coefficient (Wildman–Crippen LogP) is 1.87. The van der Waals surface area contributed by atoms with Crippen LogP contribution in [0.4, 0.5) is 0 Å². The molecule has 0 aromatic carbocycles. The van der Waals surface area contributed by atoms with Crippen molar-refractivity contribution in [1.29, 1.82) is 0 Å². The van der Waals surface area contributed by atoms with E-state index in [0.29, 0.717) is 0 Å².